The van der Waals surface area contributed by atoms with E-state index in [4.69, 9.17) is 10.9 Å². The summed E-state index contributed by atoms with van der Waals surface area (Å²) in [5, 5.41) is 11.6. The molecule has 8 heteroatoms. The molecule has 0 aliphatic carbocycles. The third kappa shape index (κ3) is 7.38. The Labute approximate surface area is 170 Å². The zero-order valence-corrected chi connectivity index (χ0v) is 17.0. The maximum atomic E-state index is 11.1. The lowest BCUT2D eigenvalue weighted by atomic mass is 10.1. The topological polar surface area (TPSA) is 111 Å². The summed E-state index contributed by atoms with van der Waals surface area (Å²) < 4.78 is 9.11. The number of carbonyl (C=O) groups excluding carboxylic acids is 2. The number of rotatable bonds is 4. The Hall–Kier alpha value is -2.90. The quantitative estimate of drug-likeness (QED) is 0.346. The molecule has 3 N–H and O–H groups in total. The first-order chi connectivity index (χ1) is 12.8. The van der Waals surface area contributed by atoms with E-state index >= 15 is 0 Å². The van der Waals surface area contributed by atoms with E-state index in [1.54, 1.807) is 43.3 Å². The van der Waals surface area contributed by atoms with Gasteiger partial charge in [-0.25, -0.2) is 9.59 Å². The molecule has 0 fully saturated rings. The molecule has 0 aromatic heterocycles. The van der Waals surface area contributed by atoms with E-state index in [0.29, 0.717) is 16.8 Å². The molecule has 152 valence electrons. The van der Waals surface area contributed by atoms with Crippen molar-refractivity contribution in [3.05, 3.63) is 70.8 Å². The highest BCUT2D eigenvalue weighted by molar-refractivity contribution is 5.99. The van der Waals surface area contributed by atoms with E-state index in [2.05, 4.69) is 14.6 Å². The van der Waals surface area contributed by atoms with Crippen LogP contribution in [0.1, 0.15) is 51.7 Å². The molecule has 0 radical (unpaired) electrons. The van der Waals surface area contributed by atoms with Crippen LogP contribution in [0.15, 0.2) is 53.7 Å². The van der Waals surface area contributed by atoms with E-state index < -0.39 is 0 Å². The van der Waals surface area contributed by atoms with Gasteiger partial charge >= 0.3 is 11.9 Å². The van der Waals surface area contributed by atoms with Crippen LogP contribution in [0.25, 0.3) is 0 Å². The lowest BCUT2D eigenvalue weighted by Crippen LogP contribution is -2.06. The number of esters is 2. The van der Waals surface area contributed by atoms with Crippen molar-refractivity contribution in [2.75, 3.05) is 14.2 Å². The molecule has 28 heavy (non-hydrogen) atoms. The second kappa shape index (κ2) is 12.5. The van der Waals surface area contributed by atoms with Crippen LogP contribution in [0.2, 0.25) is 0 Å². The summed E-state index contributed by atoms with van der Waals surface area (Å²) in [6, 6.07) is 13.7. The van der Waals surface area contributed by atoms with Gasteiger partial charge in [0.15, 0.2) is 0 Å². The molecule has 0 aliphatic rings. The minimum absolute atomic E-state index is 0. The minimum atomic E-state index is -0.379. The minimum Gasteiger partial charge on any atom is -0.465 e. The molecule has 2 aromatic rings. The molecular weight excluding hydrogens is 384 g/mol. The summed E-state index contributed by atoms with van der Waals surface area (Å²) in [5.74, 6) is -0.702. The number of methoxy groups -OCH3 is 2. The monoisotopic (exact) mass is 408 g/mol. The van der Waals surface area contributed by atoms with Gasteiger partial charge in [0.1, 0.15) is 0 Å². The molecule has 0 saturated carbocycles. The number of hydrogen-bond donors (Lipinski definition) is 2. The van der Waals surface area contributed by atoms with Gasteiger partial charge in [0.2, 0.25) is 0 Å². The third-order valence-electron chi connectivity index (χ3n) is 3.73. The summed E-state index contributed by atoms with van der Waals surface area (Å²) in [5.41, 5.74) is 8.95. The smallest absolute Gasteiger partial charge is 0.337 e. The predicted octanol–water partition coefficient (Wildman–Crippen LogP) is 3.59. The number of ether oxygens (including phenoxy) is 2. The third-order valence-corrected chi connectivity index (χ3v) is 3.73. The van der Waals surface area contributed by atoms with Gasteiger partial charge in [-0.05, 0) is 49.2 Å². The fourth-order valence-electron chi connectivity index (χ4n) is 2.06. The number of nitrogens with two attached hydrogens (primary N) is 1. The number of halogens is 1. The van der Waals surface area contributed by atoms with Crippen LogP contribution in [-0.4, -0.2) is 37.1 Å². The van der Waals surface area contributed by atoms with Crippen molar-refractivity contribution in [2.24, 2.45) is 10.9 Å². The first kappa shape index (κ1) is 25.1. The van der Waals surface area contributed by atoms with Crippen molar-refractivity contribution in [2.45, 2.75) is 19.9 Å². The Morgan fingerprint density at radius 3 is 1.57 bits per heavy atom. The van der Waals surface area contributed by atoms with Crippen molar-refractivity contribution >= 4 is 30.1 Å². The zero-order valence-electron chi connectivity index (χ0n) is 16.2. The van der Waals surface area contributed by atoms with Crippen LogP contribution in [-0.2, 0) is 9.47 Å². The van der Waals surface area contributed by atoms with Crippen LogP contribution < -0.4 is 5.73 Å². The maximum Gasteiger partial charge on any atom is 0.337 e. The van der Waals surface area contributed by atoms with Crippen molar-refractivity contribution in [1.82, 2.24) is 0 Å². The summed E-state index contributed by atoms with van der Waals surface area (Å²) >= 11 is 0. The summed E-state index contributed by atoms with van der Waals surface area (Å²) in [4.78, 5) is 22.1. The molecule has 0 amide bonds. The fourth-order valence-corrected chi connectivity index (χ4v) is 2.06. The summed E-state index contributed by atoms with van der Waals surface area (Å²) in [6.45, 7) is 3.57. The molecule has 1 unspecified atom stereocenters. The molecule has 2 aromatic carbocycles. The molecule has 0 spiro atoms. The van der Waals surface area contributed by atoms with Crippen LogP contribution in [0.3, 0.4) is 0 Å². The van der Waals surface area contributed by atoms with Gasteiger partial charge in [-0.15, -0.1) is 12.4 Å². The van der Waals surface area contributed by atoms with Gasteiger partial charge < -0.3 is 20.4 Å². The van der Waals surface area contributed by atoms with E-state index in [1.807, 2.05) is 19.1 Å². The molecule has 0 saturated heterocycles. The summed E-state index contributed by atoms with van der Waals surface area (Å²) in [7, 11) is 2.69. The largest absolute Gasteiger partial charge is 0.465 e. The zero-order chi connectivity index (χ0) is 20.4. The Bertz CT molecular complexity index is 787. The second-order valence-corrected chi connectivity index (χ2v) is 5.66. The van der Waals surface area contributed by atoms with Gasteiger partial charge in [-0.1, -0.05) is 29.4 Å². The molecule has 1 atom stereocenters. The Morgan fingerprint density at radius 2 is 1.25 bits per heavy atom. The highest BCUT2D eigenvalue weighted by Crippen LogP contribution is 2.11. The molecule has 7 nitrogen and oxygen atoms in total. The van der Waals surface area contributed by atoms with Crippen LogP contribution in [0, 0.1) is 0 Å². The van der Waals surface area contributed by atoms with Crippen molar-refractivity contribution in [1.29, 1.82) is 0 Å². The number of carbonyl (C=O) groups is 2. The number of benzene rings is 2. The van der Waals surface area contributed by atoms with E-state index in [-0.39, 0.29) is 30.4 Å². The van der Waals surface area contributed by atoms with E-state index in [9.17, 15) is 9.59 Å². The van der Waals surface area contributed by atoms with E-state index in [0.717, 1.165) is 11.1 Å². The molecule has 0 bridgehead atoms. The van der Waals surface area contributed by atoms with Gasteiger partial charge in [0.25, 0.3) is 0 Å². The van der Waals surface area contributed by atoms with Crippen molar-refractivity contribution in [3.8, 4) is 0 Å². The van der Waals surface area contributed by atoms with Gasteiger partial charge in [-0.3, -0.25) is 0 Å². The van der Waals surface area contributed by atoms with Crippen molar-refractivity contribution in [3.63, 3.8) is 0 Å². The molecule has 0 heterocycles. The Balaban J connectivity index is 0.000000504. The SMILES string of the molecule is COC(=O)c1ccc(C(C)=NO)cc1.COC(=O)c1ccc(C(C)N)cc1.Cl. The average Bonchev–Trinajstić information content (AvgIpc) is 2.72. The Morgan fingerprint density at radius 1 is 0.893 bits per heavy atom. The van der Waals surface area contributed by atoms with Crippen LogP contribution >= 0.6 is 12.4 Å². The summed E-state index contributed by atoms with van der Waals surface area (Å²) in [6.07, 6.45) is 0. The highest BCUT2D eigenvalue weighted by atomic mass is 35.5. The van der Waals surface area contributed by atoms with Gasteiger partial charge in [0.05, 0.1) is 31.1 Å². The maximum absolute atomic E-state index is 11.1. The molecular formula is C20H25ClN2O5. The van der Waals surface area contributed by atoms with E-state index in [1.165, 1.54) is 14.2 Å². The molecule has 2 rings (SSSR count). The lowest BCUT2D eigenvalue weighted by molar-refractivity contribution is 0.0592. The Kier molecular flexibility index (Phi) is 11.2. The molecule has 0 aliphatic heterocycles. The van der Waals surface area contributed by atoms with Gasteiger partial charge in [0, 0.05) is 6.04 Å². The van der Waals surface area contributed by atoms with Crippen LogP contribution in [0.5, 0.6) is 0 Å². The van der Waals surface area contributed by atoms with Gasteiger partial charge in [-0.2, -0.15) is 0 Å². The van der Waals surface area contributed by atoms with Crippen molar-refractivity contribution < 1.29 is 24.3 Å². The van der Waals surface area contributed by atoms with Crippen LogP contribution in [0.4, 0.5) is 0 Å². The standard InChI is InChI=1S/C10H11NO3.C10H13NO2.ClH/c1-7(11-13)8-3-5-9(6-4-8)10(12)14-2;1-7(11)8-3-5-9(6-4-8)10(12)13-2;/h3-6,13H,1-2H3;3-7H,11H2,1-2H3;1H. The predicted molar refractivity (Wildman–Crippen MR) is 109 cm³/mol. The lowest BCUT2D eigenvalue weighted by Gasteiger charge is -2.05. The normalized spacial score (nSPS) is 11.2. The second-order valence-electron chi connectivity index (χ2n) is 5.66. The first-order valence-corrected chi connectivity index (χ1v) is 8.15. The number of hydrogen-bond acceptors (Lipinski definition) is 7. The highest BCUT2D eigenvalue weighted by Gasteiger charge is 2.06. The first-order valence-electron chi connectivity index (χ1n) is 8.15. The average molecular weight is 409 g/mol. The number of nitrogens with zero attached hydrogens (tertiary/aromatic N) is 1. The number of oxime groups is 1. The fraction of sp³-hybridized carbons (Fsp3) is 0.250.